The standard InChI is InChI=1S/C9H6ClNO5/c1-16-9(13)6-2-5(4-12)3-7(8(6)10)11(14)15/h2-4H,1H3. The molecule has 0 radical (unpaired) electrons. The first-order chi connectivity index (χ1) is 7.51. The Bertz CT molecular complexity index is 471. The lowest BCUT2D eigenvalue weighted by atomic mass is 10.1. The maximum absolute atomic E-state index is 11.2. The van der Waals surface area contributed by atoms with Crippen LogP contribution in [0, 0.1) is 10.1 Å². The largest absolute Gasteiger partial charge is 0.465 e. The summed E-state index contributed by atoms with van der Waals surface area (Å²) < 4.78 is 4.39. The summed E-state index contributed by atoms with van der Waals surface area (Å²) in [5, 5.41) is 10.3. The van der Waals surface area contributed by atoms with Gasteiger partial charge in [-0.25, -0.2) is 4.79 Å². The van der Waals surface area contributed by atoms with Gasteiger partial charge < -0.3 is 4.74 Å². The van der Waals surface area contributed by atoms with E-state index in [0.717, 1.165) is 19.2 Å². The van der Waals surface area contributed by atoms with Gasteiger partial charge in [-0.1, -0.05) is 11.6 Å². The van der Waals surface area contributed by atoms with Crippen LogP contribution in [0.3, 0.4) is 0 Å². The number of hydrogen-bond donors (Lipinski definition) is 0. The molecule has 0 amide bonds. The highest BCUT2D eigenvalue weighted by Crippen LogP contribution is 2.29. The van der Waals surface area contributed by atoms with Crippen molar-refractivity contribution in [3.8, 4) is 0 Å². The molecule has 0 saturated heterocycles. The second-order valence-electron chi connectivity index (χ2n) is 2.77. The maximum Gasteiger partial charge on any atom is 0.339 e. The minimum absolute atomic E-state index is 0.0171. The number of hydrogen-bond acceptors (Lipinski definition) is 5. The van der Waals surface area contributed by atoms with E-state index in [9.17, 15) is 19.7 Å². The molecule has 0 aliphatic heterocycles. The van der Waals surface area contributed by atoms with Gasteiger partial charge in [-0.2, -0.15) is 0 Å². The van der Waals surface area contributed by atoms with E-state index in [2.05, 4.69) is 4.74 Å². The van der Waals surface area contributed by atoms with Gasteiger partial charge >= 0.3 is 5.97 Å². The SMILES string of the molecule is COC(=O)c1cc(C=O)cc([N+](=O)[O-])c1Cl. The van der Waals surface area contributed by atoms with E-state index < -0.39 is 16.6 Å². The number of nitrogens with zero attached hydrogens (tertiary/aromatic N) is 1. The van der Waals surface area contributed by atoms with Crippen molar-refractivity contribution >= 4 is 29.5 Å². The molecule has 6 nitrogen and oxygen atoms in total. The lowest BCUT2D eigenvalue weighted by Gasteiger charge is -2.03. The minimum Gasteiger partial charge on any atom is -0.465 e. The summed E-state index contributed by atoms with van der Waals surface area (Å²) in [7, 11) is 1.11. The van der Waals surface area contributed by atoms with Crippen molar-refractivity contribution in [3.63, 3.8) is 0 Å². The quantitative estimate of drug-likeness (QED) is 0.350. The summed E-state index contributed by atoms with van der Waals surface area (Å²) in [4.78, 5) is 31.6. The number of benzene rings is 1. The molecule has 1 rings (SSSR count). The first-order valence-electron chi connectivity index (χ1n) is 4.02. The summed E-state index contributed by atoms with van der Waals surface area (Å²) in [5.74, 6) is -0.836. The molecule has 16 heavy (non-hydrogen) atoms. The molecule has 0 atom stereocenters. The van der Waals surface area contributed by atoms with Crippen LogP contribution >= 0.6 is 11.6 Å². The zero-order valence-corrected chi connectivity index (χ0v) is 8.85. The number of methoxy groups -OCH3 is 1. The van der Waals surface area contributed by atoms with Crippen LogP contribution in [0.2, 0.25) is 5.02 Å². The maximum atomic E-state index is 11.2. The number of halogens is 1. The van der Waals surface area contributed by atoms with Crippen molar-refractivity contribution in [2.24, 2.45) is 0 Å². The van der Waals surface area contributed by atoms with Gasteiger partial charge in [-0.3, -0.25) is 14.9 Å². The fourth-order valence-electron chi connectivity index (χ4n) is 1.09. The zero-order chi connectivity index (χ0) is 12.3. The highest BCUT2D eigenvalue weighted by molar-refractivity contribution is 6.35. The van der Waals surface area contributed by atoms with E-state index in [1.807, 2.05) is 0 Å². The van der Waals surface area contributed by atoms with Crippen LogP contribution in [0.15, 0.2) is 12.1 Å². The van der Waals surface area contributed by atoms with E-state index in [0.29, 0.717) is 6.29 Å². The van der Waals surface area contributed by atoms with E-state index >= 15 is 0 Å². The molecule has 0 bridgehead atoms. The lowest BCUT2D eigenvalue weighted by molar-refractivity contribution is -0.384. The Hall–Kier alpha value is -1.95. The number of nitro groups is 1. The van der Waals surface area contributed by atoms with Gasteiger partial charge in [-0.15, -0.1) is 0 Å². The average Bonchev–Trinajstić information content (AvgIpc) is 2.28. The lowest BCUT2D eigenvalue weighted by Crippen LogP contribution is -2.05. The Kier molecular flexibility index (Phi) is 3.57. The predicted molar refractivity (Wildman–Crippen MR) is 54.8 cm³/mol. The van der Waals surface area contributed by atoms with Crippen LogP contribution < -0.4 is 0 Å². The number of esters is 1. The van der Waals surface area contributed by atoms with E-state index in [-0.39, 0.29) is 16.1 Å². The molecule has 0 aliphatic rings. The molecule has 84 valence electrons. The molecule has 0 fully saturated rings. The molecular formula is C9H6ClNO5. The third-order valence-electron chi connectivity index (χ3n) is 1.81. The number of ether oxygens (including phenoxy) is 1. The van der Waals surface area contributed by atoms with Gasteiger partial charge in [0.15, 0.2) is 0 Å². The topological polar surface area (TPSA) is 86.5 Å². The van der Waals surface area contributed by atoms with Crippen molar-refractivity contribution in [1.29, 1.82) is 0 Å². The van der Waals surface area contributed by atoms with Crippen molar-refractivity contribution in [3.05, 3.63) is 38.4 Å². The Morgan fingerprint density at radius 3 is 2.62 bits per heavy atom. The molecule has 0 N–H and O–H groups in total. The van der Waals surface area contributed by atoms with Gasteiger partial charge in [-0.05, 0) is 6.07 Å². The Morgan fingerprint density at radius 2 is 2.19 bits per heavy atom. The van der Waals surface area contributed by atoms with Crippen LogP contribution in [0.5, 0.6) is 0 Å². The third kappa shape index (κ3) is 2.17. The number of carbonyl (C=O) groups excluding carboxylic acids is 2. The molecule has 0 aromatic heterocycles. The minimum atomic E-state index is -0.836. The third-order valence-corrected chi connectivity index (χ3v) is 2.21. The zero-order valence-electron chi connectivity index (χ0n) is 8.10. The number of nitro benzene ring substituents is 1. The Morgan fingerprint density at radius 1 is 1.56 bits per heavy atom. The number of carbonyl (C=O) groups is 2. The van der Waals surface area contributed by atoms with Crippen molar-refractivity contribution < 1.29 is 19.2 Å². The Labute approximate surface area is 94.9 Å². The molecule has 0 aliphatic carbocycles. The molecule has 1 aromatic carbocycles. The van der Waals surface area contributed by atoms with Crippen LogP contribution in [-0.4, -0.2) is 24.3 Å². The van der Waals surface area contributed by atoms with Crippen LogP contribution in [0.25, 0.3) is 0 Å². The summed E-state index contributed by atoms with van der Waals surface area (Å²) in [6, 6.07) is 2.12. The second kappa shape index (κ2) is 4.71. The fraction of sp³-hybridized carbons (Fsp3) is 0.111. The monoisotopic (exact) mass is 243 g/mol. The summed E-state index contributed by atoms with van der Waals surface area (Å²) in [6.07, 6.45) is 0.385. The van der Waals surface area contributed by atoms with Gasteiger partial charge in [0.2, 0.25) is 0 Å². The van der Waals surface area contributed by atoms with Crippen LogP contribution in [0.4, 0.5) is 5.69 Å². The van der Waals surface area contributed by atoms with Crippen molar-refractivity contribution in [1.82, 2.24) is 0 Å². The van der Waals surface area contributed by atoms with E-state index in [4.69, 9.17) is 11.6 Å². The molecular weight excluding hydrogens is 238 g/mol. The molecule has 0 unspecified atom stereocenters. The van der Waals surface area contributed by atoms with Gasteiger partial charge in [0.1, 0.15) is 11.3 Å². The molecule has 0 spiro atoms. The molecule has 7 heteroatoms. The predicted octanol–water partition coefficient (Wildman–Crippen LogP) is 1.85. The summed E-state index contributed by atoms with van der Waals surface area (Å²) >= 11 is 5.65. The van der Waals surface area contributed by atoms with Crippen molar-refractivity contribution in [2.45, 2.75) is 0 Å². The smallest absolute Gasteiger partial charge is 0.339 e. The van der Waals surface area contributed by atoms with E-state index in [1.54, 1.807) is 0 Å². The molecule has 1 aromatic rings. The average molecular weight is 244 g/mol. The normalized spacial score (nSPS) is 9.62. The van der Waals surface area contributed by atoms with Gasteiger partial charge in [0.25, 0.3) is 5.69 Å². The van der Waals surface area contributed by atoms with Crippen LogP contribution in [-0.2, 0) is 4.74 Å². The first kappa shape index (κ1) is 12.1. The number of aldehydes is 1. The highest BCUT2D eigenvalue weighted by Gasteiger charge is 2.22. The first-order valence-corrected chi connectivity index (χ1v) is 4.40. The Balaban J connectivity index is 3.48. The number of rotatable bonds is 3. The fourth-order valence-corrected chi connectivity index (χ4v) is 1.35. The van der Waals surface area contributed by atoms with E-state index in [1.165, 1.54) is 0 Å². The van der Waals surface area contributed by atoms with Crippen LogP contribution in [0.1, 0.15) is 20.7 Å². The molecule has 0 saturated carbocycles. The highest BCUT2D eigenvalue weighted by atomic mass is 35.5. The summed E-state index contributed by atoms with van der Waals surface area (Å²) in [6.45, 7) is 0. The van der Waals surface area contributed by atoms with Crippen molar-refractivity contribution in [2.75, 3.05) is 7.11 Å². The van der Waals surface area contributed by atoms with Gasteiger partial charge in [0.05, 0.1) is 17.6 Å². The molecule has 0 heterocycles. The second-order valence-corrected chi connectivity index (χ2v) is 3.15. The van der Waals surface area contributed by atoms with Gasteiger partial charge in [0, 0.05) is 11.6 Å². The summed E-state index contributed by atoms with van der Waals surface area (Å²) in [5.41, 5.74) is -0.733.